The Morgan fingerprint density at radius 2 is 1.86 bits per heavy atom. The lowest BCUT2D eigenvalue weighted by molar-refractivity contribution is -0.119. The van der Waals surface area contributed by atoms with Gasteiger partial charge in [-0.2, -0.15) is 0 Å². The smallest absolute Gasteiger partial charge is 0.262 e. The van der Waals surface area contributed by atoms with Crippen LogP contribution in [-0.2, 0) is 17.8 Å². The van der Waals surface area contributed by atoms with E-state index in [9.17, 15) is 9.59 Å². The minimum atomic E-state index is -0.160. The van der Waals surface area contributed by atoms with E-state index in [2.05, 4.69) is 4.98 Å². The Labute approximate surface area is 171 Å². The van der Waals surface area contributed by atoms with Gasteiger partial charge in [-0.15, -0.1) is 11.3 Å². The number of thiophene rings is 1. The number of fused-ring (bicyclic) bond motifs is 2. The van der Waals surface area contributed by atoms with Crippen LogP contribution in [0.2, 0.25) is 0 Å². The molecule has 2 aromatic heterocycles. The number of amides is 1. The second kappa shape index (κ2) is 6.97. The second-order valence-corrected chi connectivity index (χ2v) is 8.20. The van der Waals surface area contributed by atoms with Crippen LogP contribution in [0, 0.1) is 6.92 Å². The maximum absolute atomic E-state index is 13.1. The first-order valence-corrected chi connectivity index (χ1v) is 10.4. The number of anilines is 1. The highest BCUT2D eigenvalue weighted by Gasteiger charge is 2.25. The first kappa shape index (κ1) is 17.8. The van der Waals surface area contributed by atoms with Crippen LogP contribution in [0.3, 0.4) is 0 Å². The zero-order valence-corrected chi connectivity index (χ0v) is 16.8. The molecule has 0 unspecified atom stereocenters. The molecule has 5 rings (SSSR count). The minimum Gasteiger partial charge on any atom is -0.310 e. The maximum Gasteiger partial charge on any atom is 0.262 e. The Morgan fingerprint density at radius 3 is 2.69 bits per heavy atom. The van der Waals surface area contributed by atoms with Crippen molar-refractivity contribution in [3.63, 3.8) is 0 Å². The highest BCUT2D eigenvalue weighted by molar-refractivity contribution is 7.22. The molecule has 1 aliphatic heterocycles. The average Bonchev–Trinajstić information content (AvgIpc) is 3.32. The Kier molecular flexibility index (Phi) is 4.28. The van der Waals surface area contributed by atoms with E-state index in [1.54, 1.807) is 4.90 Å². The van der Waals surface area contributed by atoms with Gasteiger partial charge < -0.3 is 4.90 Å². The molecule has 3 heterocycles. The summed E-state index contributed by atoms with van der Waals surface area (Å²) in [5.74, 6) is -0.0886. The van der Waals surface area contributed by atoms with Gasteiger partial charge in [0.15, 0.2) is 0 Å². The predicted molar refractivity (Wildman–Crippen MR) is 117 cm³/mol. The molecule has 2 aromatic carbocycles. The zero-order valence-electron chi connectivity index (χ0n) is 16.0. The number of carbonyl (C=O) groups excluding carboxylic acids is 1. The third-order valence-electron chi connectivity index (χ3n) is 5.45. The SMILES string of the molecule is Cc1c(-c2ccccc2)sc2ncn(CC(=O)N3CCc4ccccc43)c(=O)c12. The topological polar surface area (TPSA) is 55.2 Å². The normalized spacial score (nSPS) is 13.1. The van der Waals surface area contributed by atoms with Crippen molar-refractivity contribution in [2.24, 2.45) is 0 Å². The number of benzene rings is 2. The van der Waals surface area contributed by atoms with Gasteiger partial charge in [0.25, 0.3) is 5.56 Å². The van der Waals surface area contributed by atoms with E-state index in [4.69, 9.17) is 0 Å². The molecule has 1 aliphatic rings. The molecule has 0 radical (unpaired) electrons. The van der Waals surface area contributed by atoms with Crippen molar-refractivity contribution in [1.29, 1.82) is 0 Å². The third kappa shape index (κ3) is 2.96. The quantitative estimate of drug-likeness (QED) is 0.521. The van der Waals surface area contributed by atoms with Crippen molar-refractivity contribution >= 4 is 33.1 Å². The molecule has 0 saturated carbocycles. The Morgan fingerprint density at radius 1 is 1.10 bits per heavy atom. The minimum absolute atomic E-state index is 0.00787. The second-order valence-electron chi connectivity index (χ2n) is 7.20. The van der Waals surface area contributed by atoms with Crippen molar-refractivity contribution < 1.29 is 4.79 Å². The summed E-state index contributed by atoms with van der Waals surface area (Å²) >= 11 is 1.51. The number of aryl methyl sites for hydroxylation is 1. The molecule has 0 saturated heterocycles. The summed E-state index contributed by atoms with van der Waals surface area (Å²) < 4.78 is 1.43. The fourth-order valence-electron chi connectivity index (χ4n) is 3.97. The summed E-state index contributed by atoms with van der Waals surface area (Å²) in [5, 5.41) is 0.603. The monoisotopic (exact) mass is 401 g/mol. The van der Waals surface area contributed by atoms with E-state index < -0.39 is 0 Å². The van der Waals surface area contributed by atoms with Crippen molar-refractivity contribution in [1.82, 2.24) is 9.55 Å². The predicted octanol–water partition coefficient (Wildman–Crippen LogP) is 4.02. The van der Waals surface area contributed by atoms with Crippen LogP contribution >= 0.6 is 11.3 Å². The van der Waals surface area contributed by atoms with Gasteiger partial charge in [-0.25, -0.2) is 4.98 Å². The number of carbonyl (C=O) groups is 1. The van der Waals surface area contributed by atoms with Crippen molar-refractivity contribution in [3.8, 4) is 10.4 Å². The van der Waals surface area contributed by atoms with Crippen LogP contribution in [0.5, 0.6) is 0 Å². The number of hydrogen-bond acceptors (Lipinski definition) is 4. The average molecular weight is 401 g/mol. The molecular formula is C23H19N3O2S. The summed E-state index contributed by atoms with van der Waals surface area (Å²) in [6.45, 7) is 2.59. The maximum atomic E-state index is 13.1. The van der Waals surface area contributed by atoms with E-state index in [0.29, 0.717) is 16.8 Å². The van der Waals surface area contributed by atoms with Crippen molar-refractivity contribution in [2.75, 3.05) is 11.4 Å². The van der Waals surface area contributed by atoms with Crippen LogP contribution in [0.25, 0.3) is 20.7 Å². The van der Waals surface area contributed by atoms with Gasteiger partial charge in [-0.1, -0.05) is 48.5 Å². The van der Waals surface area contributed by atoms with Gasteiger partial charge in [-0.05, 0) is 36.1 Å². The molecule has 5 nitrogen and oxygen atoms in total. The fraction of sp³-hybridized carbons (Fsp3) is 0.174. The van der Waals surface area contributed by atoms with Gasteiger partial charge in [0, 0.05) is 17.1 Å². The summed E-state index contributed by atoms with van der Waals surface area (Å²) in [4.78, 5) is 34.1. The lowest BCUT2D eigenvalue weighted by Gasteiger charge is -2.17. The third-order valence-corrected chi connectivity index (χ3v) is 6.70. The molecule has 144 valence electrons. The molecule has 0 bridgehead atoms. The molecular weight excluding hydrogens is 382 g/mol. The lowest BCUT2D eigenvalue weighted by atomic mass is 10.1. The van der Waals surface area contributed by atoms with E-state index in [-0.39, 0.29) is 18.0 Å². The molecule has 4 aromatic rings. The Balaban J connectivity index is 1.50. The van der Waals surface area contributed by atoms with Crippen LogP contribution in [-0.4, -0.2) is 22.0 Å². The summed E-state index contributed by atoms with van der Waals surface area (Å²) in [6, 6.07) is 17.9. The molecule has 0 aliphatic carbocycles. The Hall–Kier alpha value is -3.25. The van der Waals surface area contributed by atoms with E-state index in [1.165, 1.54) is 27.8 Å². The molecule has 0 spiro atoms. The van der Waals surface area contributed by atoms with E-state index in [0.717, 1.165) is 28.1 Å². The van der Waals surface area contributed by atoms with Crippen LogP contribution in [0.15, 0.2) is 65.7 Å². The van der Waals surface area contributed by atoms with Gasteiger partial charge in [0.2, 0.25) is 5.91 Å². The molecule has 0 N–H and O–H groups in total. The summed E-state index contributed by atoms with van der Waals surface area (Å²) in [7, 11) is 0. The molecule has 0 atom stereocenters. The highest BCUT2D eigenvalue weighted by Crippen LogP contribution is 2.35. The molecule has 6 heteroatoms. The number of para-hydroxylation sites is 1. The number of rotatable bonds is 3. The first-order valence-electron chi connectivity index (χ1n) is 9.55. The van der Waals surface area contributed by atoms with Crippen LogP contribution in [0.4, 0.5) is 5.69 Å². The van der Waals surface area contributed by atoms with Gasteiger partial charge >= 0.3 is 0 Å². The summed E-state index contributed by atoms with van der Waals surface area (Å²) in [6.07, 6.45) is 2.34. The Bertz CT molecular complexity index is 1290. The lowest BCUT2D eigenvalue weighted by Crippen LogP contribution is -2.35. The number of nitrogens with zero attached hydrogens (tertiary/aromatic N) is 3. The van der Waals surface area contributed by atoms with Gasteiger partial charge in [0.1, 0.15) is 11.4 Å². The van der Waals surface area contributed by atoms with Crippen LogP contribution < -0.4 is 10.5 Å². The number of hydrogen-bond donors (Lipinski definition) is 0. The number of aromatic nitrogens is 2. The fourth-order valence-corrected chi connectivity index (χ4v) is 5.11. The summed E-state index contributed by atoms with van der Waals surface area (Å²) in [5.41, 5.74) is 3.94. The van der Waals surface area contributed by atoms with Crippen molar-refractivity contribution in [2.45, 2.75) is 19.9 Å². The largest absolute Gasteiger partial charge is 0.310 e. The van der Waals surface area contributed by atoms with E-state index >= 15 is 0 Å². The molecule has 1 amide bonds. The highest BCUT2D eigenvalue weighted by atomic mass is 32.1. The van der Waals surface area contributed by atoms with E-state index in [1.807, 2.05) is 61.5 Å². The van der Waals surface area contributed by atoms with Gasteiger partial charge in [0.05, 0.1) is 11.7 Å². The van der Waals surface area contributed by atoms with Crippen LogP contribution in [0.1, 0.15) is 11.1 Å². The first-order chi connectivity index (χ1) is 14.1. The molecule has 0 fully saturated rings. The zero-order chi connectivity index (χ0) is 20.0. The van der Waals surface area contributed by atoms with Crippen molar-refractivity contribution in [3.05, 3.63) is 82.4 Å². The molecule has 29 heavy (non-hydrogen) atoms. The van der Waals surface area contributed by atoms with Gasteiger partial charge in [-0.3, -0.25) is 14.2 Å². The standard InChI is InChI=1S/C23H19N3O2S/c1-15-20-22(29-21(15)17-8-3-2-4-9-17)24-14-25(23(20)28)13-19(27)26-12-11-16-7-5-6-10-18(16)26/h2-10,14H,11-13H2,1H3.